The summed E-state index contributed by atoms with van der Waals surface area (Å²) in [5, 5.41) is 5.62. The lowest BCUT2D eigenvalue weighted by molar-refractivity contribution is -0.129. The molecule has 1 unspecified atom stereocenters. The van der Waals surface area contributed by atoms with Crippen LogP contribution in [0.15, 0.2) is 24.3 Å². The molecule has 4 nitrogen and oxygen atoms in total. The van der Waals surface area contributed by atoms with Crippen LogP contribution in [-0.4, -0.2) is 40.7 Å². The monoisotopic (exact) mass is 370 g/mol. The van der Waals surface area contributed by atoms with Gasteiger partial charge < -0.3 is 10.6 Å². The largest absolute Gasteiger partial charge is 0.354 e. The molecule has 2 rings (SSSR count). The maximum absolute atomic E-state index is 13.5. The Kier molecular flexibility index (Phi) is 6.98. The van der Waals surface area contributed by atoms with Crippen molar-refractivity contribution in [3.05, 3.63) is 35.6 Å². The van der Waals surface area contributed by atoms with Crippen molar-refractivity contribution in [2.45, 2.75) is 36.8 Å². The Morgan fingerprint density at radius 1 is 1.46 bits per heavy atom. The molecule has 1 aliphatic heterocycles. The summed E-state index contributed by atoms with van der Waals surface area (Å²) >= 11 is 3.14. The van der Waals surface area contributed by atoms with E-state index in [1.165, 1.54) is 17.8 Å². The van der Waals surface area contributed by atoms with Crippen LogP contribution in [0.5, 0.6) is 0 Å². The molecule has 0 bridgehead atoms. The molecule has 0 aromatic heterocycles. The van der Waals surface area contributed by atoms with Crippen molar-refractivity contribution >= 4 is 35.3 Å². The maximum atomic E-state index is 13.5. The van der Waals surface area contributed by atoms with Gasteiger partial charge in [0.2, 0.25) is 11.8 Å². The summed E-state index contributed by atoms with van der Waals surface area (Å²) < 4.78 is 13.0. The number of halogens is 1. The van der Waals surface area contributed by atoms with Crippen molar-refractivity contribution < 1.29 is 14.0 Å². The number of hydrogen-bond acceptors (Lipinski definition) is 4. The summed E-state index contributed by atoms with van der Waals surface area (Å²) in [6, 6.07) is 6.31. The van der Waals surface area contributed by atoms with Gasteiger partial charge in [0.15, 0.2) is 0 Å². The normalized spacial score (nSPS) is 19.6. The minimum atomic E-state index is -0.472. The third kappa shape index (κ3) is 5.41. The van der Waals surface area contributed by atoms with E-state index in [9.17, 15) is 14.0 Å². The highest BCUT2D eigenvalue weighted by Gasteiger charge is 2.37. The number of rotatable bonds is 7. The van der Waals surface area contributed by atoms with Crippen molar-refractivity contribution in [2.75, 3.05) is 18.1 Å². The number of carbonyl (C=O) groups excluding carboxylic acids is 2. The van der Waals surface area contributed by atoms with Crippen molar-refractivity contribution in [1.82, 2.24) is 10.6 Å². The minimum Gasteiger partial charge on any atom is -0.354 e. The summed E-state index contributed by atoms with van der Waals surface area (Å²) in [6.07, 6.45) is 0.810. The van der Waals surface area contributed by atoms with Crippen molar-refractivity contribution in [2.24, 2.45) is 0 Å². The van der Waals surface area contributed by atoms with E-state index < -0.39 is 10.8 Å². The van der Waals surface area contributed by atoms with Gasteiger partial charge in [-0.25, -0.2) is 4.39 Å². The Morgan fingerprint density at radius 3 is 2.92 bits per heavy atom. The van der Waals surface area contributed by atoms with Crippen LogP contribution in [0, 0.1) is 5.82 Å². The van der Waals surface area contributed by atoms with Gasteiger partial charge in [-0.3, -0.25) is 9.59 Å². The average Bonchev–Trinajstić information content (AvgIpc) is 2.54. The second-order valence-electron chi connectivity index (χ2n) is 6.14. The van der Waals surface area contributed by atoms with E-state index >= 15 is 0 Å². The Morgan fingerprint density at radius 2 is 2.21 bits per heavy atom. The van der Waals surface area contributed by atoms with Gasteiger partial charge in [-0.15, -0.1) is 11.8 Å². The fourth-order valence-electron chi connectivity index (χ4n) is 2.18. The van der Waals surface area contributed by atoms with E-state index in [1.54, 1.807) is 23.9 Å². The number of benzene rings is 1. The summed E-state index contributed by atoms with van der Waals surface area (Å²) in [5.41, 5.74) is 0.705. The molecule has 1 saturated heterocycles. The van der Waals surface area contributed by atoms with Crippen LogP contribution in [0.4, 0.5) is 4.39 Å². The molecule has 2 amide bonds. The molecule has 1 heterocycles. The number of amides is 2. The predicted molar refractivity (Wildman–Crippen MR) is 98.7 cm³/mol. The Hall–Kier alpha value is -1.21. The number of thioether (sulfide) groups is 2. The van der Waals surface area contributed by atoms with Crippen molar-refractivity contribution in [1.29, 1.82) is 0 Å². The molecule has 0 aliphatic carbocycles. The topological polar surface area (TPSA) is 58.2 Å². The van der Waals surface area contributed by atoms with Gasteiger partial charge in [-0.1, -0.05) is 18.2 Å². The van der Waals surface area contributed by atoms with Gasteiger partial charge in [0, 0.05) is 18.1 Å². The Balaban J connectivity index is 1.60. The lowest BCUT2D eigenvalue weighted by atomic mass is 10.1. The van der Waals surface area contributed by atoms with E-state index in [0.29, 0.717) is 23.6 Å². The fraction of sp³-hybridized carbons (Fsp3) is 0.529. The zero-order valence-electron chi connectivity index (χ0n) is 13.9. The van der Waals surface area contributed by atoms with E-state index in [1.807, 2.05) is 19.9 Å². The molecule has 7 heteroatoms. The van der Waals surface area contributed by atoms with Gasteiger partial charge in [-0.2, -0.15) is 11.8 Å². The quantitative estimate of drug-likeness (QED) is 0.725. The van der Waals surface area contributed by atoms with E-state index in [-0.39, 0.29) is 17.6 Å². The predicted octanol–water partition coefficient (Wildman–Crippen LogP) is 2.58. The Labute approximate surface area is 150 Å². The third-order valence-corrected chi connectivity index (χ3v) is 6.26. The fourth-order valence-corrected chi connectivity index (χ4v) is 4.13. The van der Waals surface area contributed by atoms with Crippen LogP contribution in [0.2, 0.25) is 0 Å². The summed E-state index contributed by atoms with van der Waals surface area (Å²) in [7, 11) is 0. The number of carbonyl (C=O) groups is 2. The van der Waals surface area contributed by atoms with E-state index in [0.717, 1.165) is 12.2 Å². The lowest BCUT2D eigenvalue weighted by Gasteiger charge is -2.32. The SMILES string of the molecule is CC1(C)SCC(C(=O)NCCCSCc2ccccc2F)NC1=O. The van der Waals surface area contributed by atoms with Crippen LogP contribution < -0.4 is 10.6 Å². The highest BCUT2D eigenvalue weighted by molar-refractivity contribution is 8.01. The molecule has 0 radical (unpaired) electrons. The molecule has 1 fully saturated rings. The van der Waals surface area contributed by atoms with Crippen LogP contribution in [0.25, 0.3) is 0 Å². The third-order valence-electron chi connectivity index (χ3n) is 3.76. The molecule has 132 valence electrons. The smallest absolute Gasteiger partial charge is 0.243 e. The van der Waals surface area contributed by atoms with E-state index in [2.05, 4.69) is 10.6 Å². The zero-order valence-corrected chi connectivity index (χ0v) is 15.6. The van der Waals surface area contributed by atoms with Crippen LogP contribution in [0.3, 0.4) is 0 Å². The van der Waals surface area contributed by atoms with Crippen molar-refractivity contribution in [3.8, 4) is 0 Å². The molecular formula is C17H23FN2O2S2. The summed E-state index contributed by atoms with van der Waals surface area (Å²) in [6.45, 7) is 4.27. The maximum Gasteiger partial charge on any atom is 0.243 e. The molecular weight excluding hydrogens is 347 g/mol. The number of hydrogen-bond donors (Lipinski definition) is 2. The molecule has 1 aliphatic rings. The average molecular weight is 371 g/mol. The summed E-state index contributed by atoms with van der Waals surface area (Å²) in [5.74, 6) is 1.65. The van der Waals surface area contributed by atoms with Gasteiger partial charge in [0.1, 0.15) is 11.9 Å². The molecule has 1 atom stereocenters. The second kappa shape index (κ2) is 8.76. The standard InChI is InChI=1S/C17H23FN2O2S2/c1-17(2)16(22)20-14(11-24-17)15(21)19-8-5-9-23-10-12-6-3-4-7-13(12)18/h3-4,6-7,14H,5,8-11H2,1-2H3,(H,19,21)(H,20,22). The lowest BCUT2D eigenvalue weighted by Crippen LogP contribution is -2.57. The first-order valence-corrected chi connectivity index (χ1v) is 10.1. The molecule has 1 aromatic carbocycles. The Bertz CT molecular complexity index is 596. The highest BCUT2D eigenvalue weighted by atomic mass is 32.2. The molecule has 2 N–H and O–H groups in total. The van der Waals surface area contributed by atoms with Gasteiger partial charge in [0.05, 0.1) is 4.75 Å². The van der Waals surface area contributed by atoms with E-state index in [4.69, 9.17) is 0 Å². The van der Waals surface area contributed by atoms with Crippen LogP contribution in [-0.2, 0) is 15.3 Å². The van der Waals surface area contributed by atoms with Gasteiger partial charge in [-0.05, 0) is 37.7 Å². The first kappa shape index (κ1) is 19.1. The first-order valence-electron chi connectivity index (χ1n) is 7.94. The molecule has 24 heavy (non-hydrogen) atoms. The molecule has 1 aromatic rings. The minimum absolute atomic E-state index is 0.0978. The van der Waals surface area contributed by atoms with Crippen LogP contribution in [0.1, 0.15) is 25.8 Å². The number of nitrogens with one attached hydrogen (secondary N) is 2. The molecule has 0 spiro atoms. The van der Waals surface area contributed by atoms with Crippen molar-refractivity contribution in [3.63, 3.8) is 0 Å². The molecule has 0 saturated carbocycles. The second-order valence-corrected chi connectivity index (χ2v) is 8.88. The highest BCUT2D eigenvalue weighted by Crippen LogP contribution is 2.28. The zero-order chi connectivity index (χ0) is 17.6. The summed E-state index contributed by atoms with van der Waals surface area (Å²) in [4.78, 5) is 23.9. The van der Waals surface area contributed by atoms with Gasteiger partial charge in [0.25, 0.3) is 0 Å². The first-order chi connectivity index (χ1) is 11.4. The van der Waals surface area contributed by atoms with Gasteiger partial charge >= 0.3 is 0 Å². The van der Waals surface area contributed by atoms with Crippen LogP contribution >= 0.6 is 23.5 Å².